The normalized spacial score (nSPS) is 15.6. The van der Waals surface area contributed by atoms with Crippen molar-refractivity contribution in [3.05, 3.63) is 17.5 Å². The lowest BCUT2D eigenvalue weighted by Crippen LogP contribution is -2.27. The molecule has 0 aliphatic carbocycles. The minimum absolute atomic E-state index is 0.0231. The van der Waals surface area contributed by atoms with Gasteiger partial charge in [0.15, 0.2) is 36.4 Å². The summed E-state index contributed by atoms with van der Waals surface area (Å²) < 4.78 is 47.1. The van der Waals surface area contributed by atoms with Gasteiger partial charge in [0.2, 0.25) is 0 Å². The van der Waals surface area contributed by atoms with E-state index >= 15 is 0 Å². The number of carbonyl (C=O) groups is 4. The quantitative estimate of drug-likeness (QED) is 0.262. The third-order valence-electron chi connectivity index (χ3n) is 7.92. The highest BCUT2D eigenvalue weighted by molar-refractivity contribution is 8.15. The monoisotopic (exact) mass is 1010 g/mol. The molecule has 3 rings (SSSR count). The van der Waals surface area contributed by atoms with E-state index in [-0.39, 0.29) is 55.8 Å². The van der Waals surface area contributed by atoms with E-state index in [9.17, 15) is 36.0 Å². The van der Waals surface area contributed by atoms with E-state index in [1.807, 2.05) is 67.7 Å². The number of carbonyl (C=O) groups excluding carboxylic acids is 4. The molecule has 1 atom stereocenters. The van der Waals surface area contributed by atoms with Crippen molar-refractivity contribution >= 4 is 65.8 Å². The molecule has 1 unspecified atom stereocenters. The number of ketones is 3. The van der Waals surface area contributed by atoms with Gasteiger partial charge in [-0.1, -0.05) is 183 Å². The first kappa shape index (κ1) is 73.4. The fraction of sp³-hybridized carbons (Fsp3) is 0.827. The van der Waals surface area contributed by atoms with Gasteiger partial charge in [-0.2, -0.15) is 10.2 Å². The maximum absolute atomic E-state index is 11.2. The first-order chi connectivity index (χ1) is 28.9. The lowest BCUT2D eigenvalue weighted by molar-refractivity contribution is -0.126. The zero-order valence-corrected chi connectivity index (χ0v) is 50.8. The molecular weight excluding hydrogens is 907 g/mol. The lowest BCUT2D eigenvalue weighted by atomic mass is 9.89. The molecule has 0 spiro atoms. The summed E-state index contributed by atoms with van der Waals surface area (Å²) in [6.07, 6.45) is 5.88. The zero-order chi connectivity index (χ0) is 55.4. The number of hydrogen-bond donors (Lipinski definition) is 0. The van der Waals surface area contributed by atoms with Gasteiger partial charge in [0.1, 0.15) is 17.3 Å². The molecule has 12 nitrogen and oxygen atoms in total. The Labute approximate surface area is 416 Å². The minimum Gasteiger partial charge on any atom is -0.361 e. The van der Waals surface area contributed by atoms with E-state index in [1.165, 1.54) is 23.7 Å². The van der Waals surface area contributed by atoms with Crippen molar-refractivity contribution in [2.24, 2.45) is 42.7 Å². The Kier molecular flexibility index (Phi) is 31.8. The Morgan fingerprint density at radius 1 is 0.672 bits per heavy atom. The van der Waals surface area contributed by atoms with Gasteiger partial charge in [0.05, 0.1) is 27.8 Å². The van der Waals surface area contributed by atoms with Crippen molar-refractivity contribution in [1.82, 2.24) is 5.16 Å². The fourth-order valence-corrected chi connectivity index (χ4v) is 5.54. The predicted octanol–water partition coefficient (Wildman–Crippen LogP) is 13.4. The summed E-state index contributed by atoms with van der Waals surface area (Å²) in [5.41, 5.74) is 2.66. The average molecular weight is 1010 g/mol. The summed E-state index contributed by atoms with van der Waals surface area (Å²) in [5.74, 6) is 0.784. The summed E-state index contributed by atoms with van der Waals surface area (Å²) in [7, 11) is -6.00. The van der Waals surface area contributed by atoms with Gasteiger partial charge in [-0.3, -0.25) is 19.2 Å². The highest BCUT2D eigenvalue weighted by Crippen LogP contribution is 2.37. The number of aryl methyl sites for hydroxylation is 1. The summed E-state index contributed by atoms with van der Waals surface area (Å²) in [6, 6.07) is 1.97. The fourth-order valence-electron chi connectivity index (χ4n) is 3.57. The number of hydrogen-bond acceptors (Lipinski definition) is 13. The van der Waals surface area contributed by atoms with Crippen LogP contribution in [0.5, 0.6) is 0 Å². The smallest absolute Gasteiger partial charge is 0.197 e. The Bertz CT molecular complexity index is 1910. The van der Waals surface area contributed by atoms with Crippen LogP contribution in [0.3, 0.4) is 0 Å². The van der Waals surface area contributed by atoms with Gasteiger partial charge in [0.25, 0.3) is 0 Å². The van der Waals surface area contributed by atoms with Crippen LogP contribution in [-0.2, 0) is 44.3 Å². The molecule has 0 aromatic carbocycles. The Morgan fingerprint density at radius 3 is 1.15 bits per heavy atom. The summed E-state index contributed by atoms with van der Waals surface area (Å²) in [6.45, 7) is 56.1. The lowest BCUT2D eigenvalue weighted by Gasteiger charge is -2.23. The van der Waals surface area contributed by atoms with Crippen LogP contribution in [0, 0.1) is 39.4 Å². The van der Waals surface area contributed by atoms with Crippen LogP contribution in [0.2, 0.25) is 0 Å². The van der Waals surface area contributed by atoms with Crippen molar-refractivity contribution in [2.45, 2.75) is 229 Å². The molecule has 3 heterocycles. The van der Waals surface area contributed by atoms with Gasteiger partial charge in [-0.25, -0.2) is 16.8 Å². The van der Waals surface area contributed by atoms with Crippen molar-refractivity contribution in [3.63, 3.8) is 0 Å². The topological polar surface area (TPSA) is 187 Å². The molecule has 2 aliphatic rings. The average Bonchev–Trinajstić information content (AvgIpc) is 3.79. The van der Waals surface area contributed by atoms with Crippen LogP contribution in [0.15, 0.2) is 20.8 Å². The third kappa shape index (κ3) is 47.0. The highest BCUT2D eigenvalue weighted by Gasteiger charge is 2.39. The SMILES string of the molecule is CC(C)(C)C.CC(C)(C)C.CC(C)(C)C(=O)CS(C)(=O)=O.CC(C)(C)C1=NN=CC1.CC(C)(C)C1SC(=O)CC1=O.CC(C)(C)S(C)(=O)=O.CCC(=O)C(C)(C)C.Cc1cc(C(C)(C)C)on1. The molecule has 1 aromatic heterocycles. The van der Waals surface area contributed by atoms with Crippen LogP contribution >= 0.6 is 11.8 Å². The molecular formula is C52H101N3O9S3. The number of thioether (sulfide) groups is 1. The van der Waals surface area contributed by atoms with Crippen LogP contribution in [0.25, 0.3) is 0 Å². The third-order valence-corrected chi connectivity index (χ3v) is 12.5. The minimum atomic E-state index is -3.16. The Morgan fingerprint density at radius 2 is 1.04 bits per heavy atom. The molecule has 67 heavy (non-hydrogen) atoms. The van der Waals surface area contributed by atoms with E-state index in [4.69, 9.17) is 4.52 Å². The molecule has 396 valence electrons. The van der Waals surface area contributed by atoms with Gasteiger partial charge in [0, 0.05) is 59.3 Å². The van der Waals surface area contributed by atoms with Crippen LogP contribution in [0.1, 0.15) is 218 Å². The summed E-state index contributed by atoms with van der Waals surface area (Å²) >= 11 is 1.19. The van der Waals surface area contributed by atoms with Crippen LogP contribution in [-0.4, -0.2) is 84.6 Å². The zero-order valence-electron chi connectivity index (χ0n) is 48.3. The second-order valence-electron chi connectivity index (χ2n) is 26.4. The number of nitrogens with zero attached hydrogens (tertiary/aromatic N) is 3. The molecule has 1 fully saturated rings. The standard InChI is InChI=1S/C8H13NO.C8H12O2S.C7H12N2.C7H14O3S.C7H14O.C5H12O2S.2C5H12/c1-6-5-7(10-9-6)8(2,3)4;1-8(2,3)7-5(9)4-6(10)11-7;1-7(2,3)6-4-5-8-9-6;1-7(2,3)6(8)5-11(4,9)10;1-5-6(8)7(2,3)4;1-5(2,3)8(4,6)7;2*1-5(2,3)4/h5H,1-4H3;7H,4H2,1-3H3;5H,4H2,1-3H3;5H2,1-4H3;5H2,1-4H3;1-4H3;2*1-4H3. The van der Waals surface area contributed by atoms with Crippen molar-refractivity contribution < 1.29 is 40.5 Å². The van der Waals surface area contributed by atoms with Gasteiger partial charge in [-0.15, -0.1) is 0 Å². The molecule has 1 saturated heterocycles. The Balaban J connectivity index is -0.000000222. The number of Topliss-reactive ketones (excluding diaryl/α,β-unsaturated/α-hetero) is 3. The maximum Gasteiger partial charge on any atom is 0.197 e. The van der Waals surface area contributed by atoms with Crippen LogP contribution < -0.4 is 0 Å². The van der Waals surface area contributed by atoms with Crippen molar-refractivity contribution in [2.75, 3.05) is 18.3 Å². The summed E-state index contributed by atoms with van der Waals surface area (Å²) in [5, 5.41) is 11.5. The molecule has 15 heteroatoms. The second-order valence-corrected chi connectivity index (χ2v) is 32.5. The molecule has 0 amide bonds. The largest absolute Gasteiger partial charge is 0.361 e. The maximum atomic E-state index is 11.2. The molecule has 1 aromatic rings. The van der Waals surface area contributed by atoms with Crippen LogP contribution in [0.4, 0.5) is 0 Å². The van der Waals surface area contributed by atoms with E-state index in [0.717, 1.165) is 24.1 Å². The van der Waals surface area contributed by atoms with Gasteiger partial charge < -0.3 is 4.52 Å². The first-order valence-electron chi connectivity index (χ1n) is 23.1. The van der Waals surface area contributed by atoms with E-state index in [2.05, 4.69) is 112 Å². The molecule has 0 bridgehead atoms. The van der Waals surface area contributed by atoms with Crippen molar-refractivity contribution in [3.8, 4) is 0 Å². The second kappa shape index (κ2) is 29.0. The Hall–Kier alpha value is -2.52. The highest BCUT2D eigenvalue weighted by atomic mass is 32.2. The number of sulfone groups is 2. The number of rotatable bonds is 3. The van der Waals surface area contributed by atoms with E-state index < -0.39 is 29.8 Å². The van der Waals surface area contributed by atoms with E-state index in [0.29, 0.717) is 23.0 Å². The van der Waals surface area contributed by atoms with Crippen molar-refractivity contribution in [1.29, 1.82) is 0 Å². The summed E-state index contributed by atoms with van der Waals surface area (Å²) in [4.78, 5) is 44.0. The predicted molar refractivity (Wildman–Crippen MR) is 289 cm³/mol. The molecule has 0 N–H and O–H groups in total. The van der Waals surface area contributed by atoms with Gasteiger partial charge in [-0.05, 0) is 43.9 Å². The molecule has 0 saturated carbocycles. The number of aromatic nitrogens is 1. The molecule has 2 aliphatic heterocycles. The van der Waals surface area contributed by atoms with Gasteiger partial charge >= 0.3 is 0 Å². The first-order valence-corrected chi connectivity index (χ1v) is 27.9. The van der Waals surface area contributed by atoms with E-state index in [1.54, 1.807) is 41.5 Å². The molecule has 0 radical (unpaired) electrons.